The number of aromatic amines is 2. The lowest BCUT2D eigenvalue weighted by atomic mass is 9.95. The van der Waals surface area contributed by atoms with Gasteiger partial charge in [0.05, 0.1) is 0 Å². The highest BCUT2D eigenvalue weighted by Crippen LogP contribution is 2.28. The smallest absolute Gasteiger partial charge is 0.330 e. The van der Waals surface area contributed by atoms with Crippen LogP contribution in [0, 0.1) is 0 Å². The topological polar surface area (TPSA) is 83.5 Å². The SMILES string of the molecule is CCc1nc2c([nH]1)c(=O)[nH]c(=O)n2C1CCCCC1. The van der Waals surface area contributed by atoms with Gasteiger partial charge in [0.25, 0.3) is 5.56 Å². The van der Waals surface area contributed by atoms with E-state index in [0.29, 0.717) is 17.6 Å². The highest BCUT2D eigenvalue weighted by molar-refractivity contribution is 5.69. The molecule has 0 atom stereocenters. The van der Waals surface area contributed by atoms with Crippen molar-refractivity contribution in [3.63, 3.8) is 0 Å². The van der Waals surface area contributed by atoms with Crippen LogP contribution in [-0.4, -0.2) is 19.5 Å². The summed E-state index contributed by atoms with van der Waals surface area (Å²) in [4.78, 5) is 33.7. The van der Waals surface area contributed by atoms with E-state index in [1.54, 1.807) is 4.57 Å². The van der Waals surface area contributed by atoms with Crippen LogP contribution in [0.15, 0.2) is 9.59 Å². The van der Waals surface area contributed by atoms with Crippen LogP contribution in [0.1, 0.15) is 50.9 Å². The van der Waals surface area contributed by atoms with Gasteiger partial charge in [-0.2, -0.15) is 0 Å². The van der Waals surface area contributed by atoms with Crippen molar-refractivity contribution in [1.82, 2.24) is 19.5 Å². The Morgan fingerprint density at radius 1 is 1.21 bits per heavy atom. The molecule has 1 saturated carbocycles. The van der Waals surface area contributed by atoms with E-state index in [1.165, 1.54) is 6.42 Å². The molecule has 102 valence electrons. The Bertz CT molecular complexity index is 703. The average molecular weight is 262 g/mol. The van der Waals surface area contributed by atoms with Crippen molar-refractivity contribution >= 4 is 11.2 Å². The van der Waals surface area contributed by atoms with Gasteiger partial charge in [-0.25, -0.2) is 9.78 Å². The summed E-state index contributed by atoms with van der Waals surface area (Å²) < 4.78 is 1.67. The Morgan fingerprint density at radius 3 is 2.63 bits per heavy atom. The molecule has 1 aliphatic carbocycles. The Morgan fingerprint density at radius 2 is 1.95 bits per heavy atom. The maximum absolute atomic E-state index is 12.1. The zero-order chi connectivity index (χ0) is 13.4. The predicted octanol–water partition coefficient (Wildman–Crippen LogP) is 1.48. The fourth-order valence-electron chi connectivity index (χ4n) is 2.91. The minimum absolute atomic E-state index is 0.161. The van der Waals surface area contributed by atoms with E-state index in [9.17, 15) is 9.59 Å². The van der Waals surface area contributed by atoms with Gasteiger partial charge in [0.1, 0.15) is 11.3 Å². The Kier molecular flexibility index (Phi) is 3.00. The zero-order valence-electron chi connectivity index (χ0n) is 11.0. The van der Waals surface area contributed by atoms with E-state index >= 15 is 0 Å². The van der Waals surface area contributed by atoms with Crippen LogP contribution in [0.2, 0.25) is 0 Å². The van der Waals surface area contributed by atoms with E-state index in [2.05, 4.69) is 15.0 Å². The van der Waals surface area contributed by atoms with Crippen LogP contribution < -0.4 is 11.2 Å². The largest absolute Gasteiger partial charge is 0.336 e. The molecule has 0 aromatic carbocycles. The normalized spacial score (nSPS) is 17.1. The molecule has 2 aromatic rings. The number of aryl methyl sites for hydroxylation is 1. The maximum atomic E-state index is 12.1. The molecule has 6 heteroatoms. The van der Waals surface area contributed by atoms with E-state index in [-0.39, 0.29) is 17.3 Å². The molecule has 1 aliphatic rings. The first kappa shape index (κ1) is 12.2. The molecular formula is C13H18N4O2. The van der Waals surface area contributed by atoms with Crippen LogP contribution in [-0.2, 0) is 6.42 Å². The summed E-state index contributed by atoms with van der Waals surface area (Å²) in [5, 5.41) is 0. The van der Waals surface area contributed by atoms with Crippen LogP contribution in [0.4, 0.5) is 0 Å². The number of nitrogens with zero attached hydrogens (tertiary/aromatic N) is 2. The highest BCUT2D eigenvalue weighted by atomic mass is 16.2. The fourth-order valence-corrected chi connectivity index (χ4v) is 2.91. The average Bonchev–Trinajstić information content (AvgIpc) is 2.84. The summed E-state index contributed by atoms with van der Waals surface area (Å²) >= 11 is 0. The molecule has 2 aromatic heterocycles. The molecule has 0 unspecified atom stereocenters. The minimum atomic E-state index is -0.376. The number of H-pyrrole nitrogens is 2. The second kappa shape index (κ2) is 4.68. The number of hydrogen-bond acceptors (Lipinski definition) is 3. The molecule has 1 fully saturated rings. The lowest BCUT2D eigenvalue weighted by molar-refractivity contribution is 0.349. The third-order valence-electron chi connectivity index (χ3n) is 3.90. The molecule has 0 spiro atoms. The van der Waals surface area contributed by atoms with Crippen LogP contribution >= 0.6 is 0 Å². The van der Waals surface area contributed by atoms with Gasteiger partial charge < -0.3 is 4.98 Å². The van der Waals surface area contributed by atoms with Crippen molar-refractivity contribution in [3.8, 4) is 0 Å². The summed E-state index contributed by atoms with van der Waals surface area (Å²) in [5.74, 6) is 0.746. The molecular weight excluding hydrogens is 244 g/mol. The number of aromatic nitrogens is 4. The second-order valence-electron chi connectivity index (χ2n) is 5.16. The van der Waals surface area contributed by atoms with Crippen molar-refractivity contribution < 1.29 is 0 Å². The molecule has 19 heavy (non-hydrogen) atoms. The van der Waals surface area contributed by atoms with Crippen molar-refractivity contribution in [1.29, 1.82) is 0 Å². The second-order valence-corrected chi connectivity index (χ2v) is 5.16. The fraction of sp³-hybridized carbons (Fsp3) is 0.615. The molecule has 0 amide bonds. The number of nitrogens with one attached hydrogen (secondary N) is 2. The van der Waals surface area contributed by atoms with E-state index < -0.39 is 0 Å². The molecule has 6 nitrogen and oxygen atoms in total. The van der Waals surface area contributed by atoms with Gasteiger partial charge in [-0.15, -0.1) is 0 Å². The standard InChI is InChI=1S/C13H18N4O2/c1-2-9-14-10-11(15-9)17(13(19)16-12(10)18)8-6-4-3-5-7-8/h8H,2-7H2,1H3,(H,14,15)(H,16,18,19). The van der Waals surface area contributed by atoms with E-state index in [1.807, 2.05) is 6.92 Å². The molecule has 0 bridgehead atoms. The van der Waals surface area contributed by atoms with Gasteiger partial charge in [-0.05, 0) is 12.8 Å². The highest BCUT2D eigenvalue weighted by Gasteiger charge is 2.21. The van der Waals surface area contributed by atoms with Gasteiger partial charge in [0.15, 0.2) is 5.65 Å². The van der Waals surface area contributed by atoms with Gasteiger partial charge in [-0.1, -0.05) is 26.2 Å². The lowest BCUT2D eigenvalue weighted by Crippen LogP contribution is -2.33. The molecule has 0 aliphatic heterocycles. The minimum Gasteiger partial charge on any atom is -0.336 e. The molecule has 3 rings (SSSR count). The quantitative estimate of drug-likeness (QED) is 0.859. The van der Waals surface area contributed by atoms with Gasteiger partial charge >= 0.3 is 5.69 Å². The van der Waals surface area contributed by atoms with Crippen molar-refractivity contribution in [2.45, 2.75) is 51.5 Å². The number of fused-ring (bicyclic) bond motifs is 1. The Balaban J connectivity index is 2.24. The van der Waals surface area contributed by atoms with Gasteiger partial charge in [0.2, 0.25) is 0 Å². The van der Waals surface area contributed by atoms with Crippen LogP contribution in [0.3, 0.4) is 0 Å². The van der Waals surface area contributed by atoms with E-state index in [4.69, 9.17) is 0 Å². The monoisotopic (exact) mass is 262 g/mol. The first-order chi connectivity index (χ1) is 9.20. The Hall–Kier alpha value is -1.85. The number of imidazole rings is 1. The summed E-state index contributed by atoms with van der Waals surface area (Å²) in [6, 6.07) is 0.161. The van der Waals surface area contributed by atoms with Crippen LogP contribution in [0.25, 0.3) is 11.2 Å². The van der Waals surface area contributed by atoms with Gasteiger partial charge in [0, 0.05) is 12.5 Å². The summed E-state index contributed by atoms with van der Waals surface area (Å²) in [6.07, 6.45) is 6.15. The predicted molar refractivity (Wildman–Crippen MR) is 72.5 cm³/mol. The summed E-state index contributed by atoms with van der Waals surface area (Å²) in [7, 11) is 0. The van der Waals surface area contributed by atoms with E-state index in [0.717, 1.165) is 31.5 Å². The number of hydrogen-bond donors (Lipinski definition) is 2. The first-order valence-corrected chi connectivity index (χ1v) is 6.94. The third kappa shape index (κ3) is 2.01. The van der Waals surface area contributed by atoms with Gasteiger partial charge in [-0.3, -0.25) is 14.3 Å². The van der Waals surface area contributed by atoms with Crippen LogP contribution in [0.5, 0.6) is 0 Å². The third-order valence-corrected chi connectivity index (χ3v) is 3.90. The number of rotatable bonds is 2. The van der Waals surface area contributed by atoms with Crippen molar-refractivity contribution in [2.75, 3.05) is 0 Å². The Labute approximate surface area is 109 Å². The van der Waals surface area contributed by atoms with Crippen molar-refractivity contribution in [2.24, 2.45) is 0 Å². The molecule has 2 heterocycles. The summed E-state index contributed by atoms with van der Waals surface area (Å²) in [5.41, 5.74) is 0.220. The maximum Gasteiger partial charge on any atom is 0.330 e. The first-order valence-electron chi connectivity index (χ1n) is 6.94. The summed E-state index contributed by atoms with van der Waals surface area (Å²) in [6.45, 7) is 1.97. The lowest BCUT2D eigenvalue weighted by Gasteiger charge is -2.23. The molecule has 0 radical (unpaired) electrons. The van der Waals surface area contributed by atoms with Crippen molar-refractivity contribution in [3.05, 3.63) is 26.7 Å². The molecule has 0 saturated heterocycles. The zero-order valence-corrected chi connectivity index (χ0v) is 11.0. The molecule has 2 N–H and O–H groups in total.